The number of fused-ring (bicyclic) bond motifs is 2. The molecule has 1 N–H and O–H groups in total. The standard InChI is InChI=1S/C6H3N5S/c1-3-4(8-11-7-3)2-6-5(1)9-12-10-6/h1-2,9H. The maximum atomic E-state index is 4.14. The van der Waals surface area contributed by atoms with Crippen LogP contribution in [0.1, 0.15) is 0 Å². The molecule has 0 unspecified atom stereocenters. The average molecular weight is 177 g/mol. The van der Waals surface area contributed by atoms with Gasteiger partial charge >= 0.3 is 0 Å². The highest BCUT2D eigenvalue weighted by atomic mass is 32.1. The zero-order valence-electron chi connectivity index (χ0n) is 5.85. The van der Waals surface area contributed by atoms with Crippen LogP contribution in [0.3, 0.4) is 0 Å². The maximum Gasteiger partial charge on any atom is 0.117 e. The summed E-state index contributed by atoms with van der Waals surface area (Å²) >= 11 is 1.32. The van der Waals surface area contributed by atoms with E-state index in [0.29, 0.717) is 0 Å². The van der Waals surface area contributed by atoms with Gasteiger partial charge in [-0.15, -0.1) is 10.2 Å². The number of rotatable bonds is 0. The first-order chi connectivity index (χ1) is 5.93. The Morgan fingerprint density at radius 3 is 2.83 bits per heavy atom. The molecule has 0 saturated carbocycles. The van der Waals surface area contributed by atoms with Crippen molar-refractivity contribution in [3.05, 3.63) is 12.1 Å². The largest absolute Gasteiger partial charge is 0.293 e. The Balaban J connectivity index is 2.62. The van der Waals surface area contributed by atoms with Gasteiger partial charge < -0.3 is 0 Å². The Kier molecular flexibility index (Phi) is 0.991. The number of aromatic amines is 1. The van der Waals surface area contributed by atoms with E-state index in [0.717, 1.165) is 22.1 Å². The Morgan fingerprint density at radius 2 is 1.92 bits per heavy atom. The molecule has 0 fully saturated rings. The molecule has 0 aliphatic heterocycles. The highest BCUT2D eigenvalue weighted by molar-refractivity contribution is 7.00. The zero-order chi connectivity index (χ0) is 7.97. The number of hydrogen-bond donors (Lipinski definition) is 1. The molecular formula is C6H3N5S. The SMILES string of the molecule is c1c2nnnc2cc2[nH]snc12. The fourth-order valence-corrected chi connectivity index (χ4v) is 1.68. The Morgan fingerprint density at radius 1 is 1.08 bits per heavy atom. The summed E-state index contributed by atoms with van der Waals surface area (Å²) in [4.78, 5) is 0. The monoisotopic (exact) mass is 177 g/mol. The van der Waals surface area contributed by atoms with Gasteiger partial charge in [-0.3, -0.25) is 4.37 Å². The highest BCUT2D eigenvalue weighted by Crippen LogP contribution is 2.17. The molecule has 0 amide bonds. The molecule has 2 heterocycles. The fraction of sp³-hybridized carbons (Fsp3) is 0. The van der Waals surface area contributed by atoms with E-state index in [9.17, 15) is 0 Å². The van der Waals surface area contributed by atoms with Crippen LogP contribution in [-0.4, -0.2) is 24.2 Å². The molecule has 0 radical (unpaired) electrons. The van der Waals surface area contributed by atoms with E-state index in [4.69, 9.17) is 0 Å². The third kappa shape index (κ3) is 0.668. The number of nitrogens with one attached hydrogen (secondary N) is 1. The molecule has 12 heavy (non-hydrogen) atoms. The molecule has 3 aromatic rings. The number of aromatic nitrogens is 5. The van der Waals surface area contributed by atoms with E-state index >= 15 is 0 Å². The number of nitrogens with zero attached hydrogens (tertiary/aromatic N) is 4. The van der Waals surface area contributed by atoms with E-state index in [1.807, 2.05) is 12.1 Å². The first-order valence-electron chi connectivity index (χ1n) is 3.36. The third-order valence-electron chi connectivity index (χ3n) is 1.70. The Labute approximate surface area is 70.7 Å². The van der Waals surface area contributed by atoms with Crippen molar-refractivity contribution in [3.63, 3.8) is 0 Å². The lowest BCUT2D eigenvalue weighted by Gasteiger charge is -1.84. The van der Waals surface area contributed by atoms with Crippen LogP contribution in [0, 0.1) is 0 Å². The van der Waals surface area contributed by atoms with Crippen molar-refractivity contribution in [1.82, 2.24) is 24.2 Å². The summed E-state index contributed by atoms with van der Waals surface area (Å²) in [5, 5.41) is 11.2. The highest BCUT2D eigenvalue weighted by Gasteiger charge is 2.02. The summed E-state index contributed by atoms with van der Waals surface area (Å²) in [7, 11) is 0. The van der Waals surface area contributed by atoms with Crippen molar-refractivity contribution in [2.45, 2.75) is 0 Å². The molecule has 0 saturated heterocycles. The van der Waals surface area contributed by atoms with Gasteiger partial charge in [0.15, 0.2) is 0 Å². The first-order valence-corrected chi connectivity index (χ1v) is 4.14. The van der Waals surface area contributed by atoms with Crippen molar-refractivity contribution in [3.8, 4) is 0 Å². The smallest absolute Gasteiger partial charge is 0.117 e. The van der Waals surface area contributed by atoms with E-state index < -0.39 is 0 Å². The quantitative estimate of drug-likeness (QED) is 0.555. The Hall–Kier alpha value is -1.56. The van der Waals surface area contributed by atoms with Crippen LogP contribution in [0.25, 0.3) is 22.1 Å². The zero-order valence-corrected chi connectivity index (χ0v) is 6.67. The molecule has 5 nitrogen and oxygen atoms in total. The van der Waals surface area contributed by atoms with Crippen molar-refractivity contribution in [2.24, 2.45) is 0 Å². The summed E-state index contributed by atoms with van der Waals surface area (Å²) in [6.45, 7) is 0. The molecule has 0 aliphatic rings. The van der Waals surface area contributed by atoms with Gasteiger partial charge in [-0.1, -0.05) is 0 Å². The summed E-state index contributed by atoms with van der Waals surface area (Å²) < 4.78 is 7.18. The molecule has 3 rings (SSSR count). The normalized spacial score (nSPS) is 11.3. The van der Waals surface area contributed by atoms with Crippen LogP contribution in [0.5, 0.6) is 0 Å². The summed E-state index contributed by atoms with van der Waals surface area (Å²) in [5.74, 6) is 0. The summed E-state index contributed by atoms with van der Waals surface area (Å²) in [6, 6.07) is 3.77. The van der Waals surface area contributed by atoms with Gasteiger partial charge in [-0.25, -0.2) is 0 Å². The first kappa shape index (κ1) is 6.01. The van der Waals surface area contributed by atoms with Gasteiger partial charge in [0.05, 0.1) is 5.52 Å². The average Bonchev–Trinajstić information content (AvgIpc) is 2.64. The van der Waals surface area contributed by atoms with E-state index in [1.165, 1.54) is 11.7 Å². The van der Waals surface area contributed by atoms with Crippen LogP contribution in [0.4, 0.5) is 0 Å². The molecule has 2 aromatic heterocycles. The molecular weight excluding hydrogens is 174 g/mol. The van der Waals surface area contributed by atoms with Gasteiger partial charge in [0, 0.05) is 11.7 Å². The van der Waals surface area contributed by atoms with Crippen LogP contribution in [0.2, 0.25) is 0 Å². The predicted molar refractivity (Wildman–Crippen MR) is 44.9 cm³/mol. The Bertz CT molecular complexity index is 448. The lowest BCUT2D eigenvalue weighted by atomic mass is 10.3. The molecule has 1 aromatic carbocycles. The van der Waals surface area contributed by atoms with Crippen molar-refractivity contribution >= 4 is 33.8 Å². The molecule has 0 spiro atoms. The van der Waals surface area contributed by atoms with Crippen LogP contribution in [-0.2, 0) is 0 Å². The van der Waals surface area contributed by atoms with Gasteiger partial charge in [-0.05, 0) is 17.3 Å². The molecule has 0 aliphatic carbocycles. The lowest BCUT2D eigenvalue weighted by molar-refractivity contribution is 0.959. The van der Waals surface area contributed by atoms with E-state index in [-0.39, 0.29) is 0 Å². The van der Waals surface area contributed by atoms with Crippen molar-refractivity contribution in [1.29, 1.82) is 0 Å². The lowest BCUT2D eigenvalue weighted by Crippen LogP contribution is -1.71. The second kappa shape index (κ2) is 1.98. The van der Waals surface area contributed by atoms with Gasteiger partial charge in [0.25, 0.3) is 0 Å². The number of hydrogen-bond acceptors (Lipinski definition) is 5. The van der Waals surface area contributed by atoms with Crippen LogP contribution in [0.15, 0.2) is 12.1 Å². The molecule has 0 bridgehead atoms. The number of H-pyrrole nitrogens is 1. The fourth-order valence-electron chi connectivity index (χ4n) is 1.12. The minimum Gasteiger partial charge on any atom is -0.293 e. The second-order valence-electron chi connectivity index (χ2n) is 2.43. The minimum atomic E-state index is 0.793. The summed E-state index contributed by atoms with van der Waals surface area (Å²) in [6.07, 6.45) is 0. The molecule has 0 atom stereocenters. The van der Waals surface area contributed by atoms with E-state index in [2.05, 4.69) is 24.2 Å². The minimum absolute atomic E-state index is 0.793. The van der Waals surface area contributed by atoms with Crippen molar-refractivity contribution < 1.29 is 0 Å². The number of benzene rings is 1. The third-order valence-corrected chi connectivity index (χ3v) is 2.30. The maximum absolute atomic E-state index is 4.14. The topological polar surface area (TPSA) is 67.3 Å². The van der Waals surface area contributed by atoms with E-state index in [1.54, 1.807) is 0 Å². The van der Waals surface area contributed by atoms with Crippen LogP contribution < -0.4 is 0 Å². The molecule has 6 heteroatoms. The van der Waals surface area contributed by atoms with Gasteiger partial charge in [-0.2, -0.15) is 4.37 Å². The second-order valence-corrected chi connectivity index (χ2v) is 3.00. The summed E-state index contributed by atoms with van der Waals surface area (Å²) in [5.41, 5.74) is 3.49. The van der Waals surface area contributed by atoms with Crippen LogP contribution >= 0.6 is 11.7 Å². The van der Waals surface area contributed by atoms with Gasteiger partial charge in [0.1, 0.15) is 16.6 Å². The predicted octanol–water partition coefficient (Wildman–Crippen LogP) is 0.963. The van der Waals surface area contributed by atoms with Crippen molar-refractivity contribution in [2.75, 3.05) is 0 Å². The molecule has 58 valence electrons. The van der Waals surface area contributed by atoms with Gasteiger partial charge in [0.2, 0.25) is 0 Å².